The van der Waals surface area contributed by atoms with Gasteiger partial charge in [0, 0.05) is 12.5 Å². The number of carboxylic acid groups (broad SMARTS) is 1. The zero-order valence-corrected chi connectivity index (χ0v) is 9.90. The van der Waals surface area contributed by atoms with E-state index in [1.165, 1.54) is 11.1 Å². The quantitative estimate of drug-likeness (QED) is 0.834. The standard InChI is InChI=1S/C13H17NO3/c1-17-10-3-2-9-6-7-14-12(11(9)8-10)4-5-13(15)16/h2-3,8,12,14H,4-7H2,1H3,(H,15,16). The molecule has 4 heteroatoms. The summed E-state index contributed by atoms with van der Waals surface area (Å²) in [5, 5.41) is 12.1. The van der Waals surface area contributed by atoms with Crippen LogP contribution >= 0.6 is 0 Å². The van der Waals surface area contributed by atoms with Gasteiger partial charge in [0.05, 0.1) is 7.11 Å². The van der Waals surface area contributed by atoms with E-state index in [1.807, 2.05) is 12.1 Å². The molecule has 1 atom stereocenters. The number of rotatable bonds is 4. The van der Waals surface area contributed by atoms with Crippen molar-refractivity contribution in [1.29, 1.82) is 0 Å². The summed E-state index contributed by atoms with van der Waals surface area (Å²) in [7, 11) is 1.64. The van der Waals surface area contributed by atoms with E-state index in [0.29, 0.717) is 6.42 Å². The van der Waals surface area contributed by atoms with Gasteiger partial charge in [0.15, 0.2) is 0 Å². The third-order valence-electron chi connectivity index (χ3n) is 3.16. The van der Waals surface area contributed by atoms with Crippen molar-refractivity contribution in [3.05, 3.63) is 29.3 Å². The van der Waals surface area contributed by atoms with Crippen LogP contribution in [0.3, 0.4) is 0 Å². The highest BCUT2D eigenvalue weighted by Crippen LogP contribution is 2.29. The molecule has 0 saturated carbocycles. The van der Waals surface area contributed by atoms with Gasteiger partial charge in [-0.3, -0.25) is 4.79 Å². The Balaban J connectivity index is 2.19. The van der Waals surface area contributed by atoms with Crippen LogP contribution < -0.4 is 10.1 Å². The first-order valence-electron chi connectivity index (χ1n) is 5.82. The lowest BCUT2D eigenvalue weighted by atomic mass is 9.91. The van der Waals surface area contributed by atoms with Crippen LogP contribution in [0.15, 0.2) is 18.2 Å². The second-order valence-electron chi connectivity index (χ2n) is 4.25. The molecular formula is C13H17NO3. The minimum atomic E-state index is -0.748. The number of benzene rings is 1. The van der Waals surface area contributed by atoms with E-state index in [-0.39, 0.29) is 12.5 Å². The smallest absolute Gasteiger partial charge is 0.303 e. The van der Waals surface area contributed by atoms with Gasteiger partial charge in [-0.25, -0.2) is 0 Å². The van der Waals surface area contributed by atoms with Crippen LogP contribution in [0.2, 0.25) is 0 Å². The fourth-order valence-electron chi connectivity index (χ4n) is 2.27. The van der Waals surface area contributed by atoms with Gasteiger partial charge in [0.25, 0.3) is 0 Å². The Morgan fingerprint density at radius 2 is 2.41 bits per heavy atom. The number of ether oxygens (including phenoxy) is 1. The molecule has 0 saturated heterocycles. The summed E-state index contributed by atoms with van der Waals surface area (Å²) in [5.74, 6) is 0.0783. The largest absolute Gasteiger partial charge is 0.497 e. The Hall–Kier alpha value is -1.55. The van der Waals surface area contributed by atoms with E-state index in [4.69, 9.17) is 9.84 Å². The summed E-state index contributed by atoms with van der Waals surface area (Å²) in [5.41, 5.74) is 2.47. The predicted octanol–water partition coefficient (Wildman–Crippen LogP) is 1.75. The number of methoxy groups -OCH3 is 1. The molecule has 0 bridgehead atoms. The number of aliphatic carboxylic acids is 1. The van der Waals surface area contributed by atoms with Gasteiger partial charge in [-0.15, -0.1) is 0 Å². The molecule has 2 N–H and O–H groups in total. The maximum Gasteiger partial charge on any atom is 0.303 e. The fraction of sp³-hybridized carbons (Fsp3) is 0.462. The average molecular weight is 235 g/mol. The Kier molecular flexibility index (Phi) is 3.64. The normalized spacial score (nSPS) is 18.5. The Bertz CT molecular complexity index is 417. The molecule has 4 nitrogen and oxygen atoms in total. The monoisotopic (exact) mass is 235 g/mol. The number of nitrogens with one attached hydrogen (secondary N) is 1. The summed E-state index contributed by atoms with van der Waals surface area (Å²) in [6.07, 6.45) is 1.80. The Labute approximate surface area is 101 Å². The zero-order valence-electron chi connectivity index (χ0n) is 9.90. The van der Waals surface area contributed by atoms with Crippen molar-refractivity contribution in [2.45, 2.75) is 25.3 Å². The van der Waals surface area contributed by atoms with Crippen molar-refractivity contribution >= 4 is 5.97 Å². The SMILES string of the molecule is COc1ccc2c(c1)C(CCC(=O)O)NCC2. The highest BCUT2D eigenvalue weighted by Gasteiger charge is 2.20. The Morgan fingerprint density at radius 3 is 3.12 bits per heavy atom. The van der Waals surface area contributed by atoms with Crippen LogP contribution in [0.4, 0.5) is 0 Å². The van der Waals surface area contributed by atoms with E-state index in [9.17, 15) is 4.79 Å². The predicted molar refractivity (Wildman–Crippen MR) is 64.3 cm³/mol. The van der Waals surface area contributed by atoms with Crippen molar-refractivity contribution in [3.8, 4) is 5.75 Å². The molecule has 1 aliphatic heterocycles. The average Bonchev–Trinajstić information content (AvgIpc) is 2.35. The zero-order chi connectivity index (χ0) is 12.3. The molecule has 1 aromatic rings. The van der Waals surface area contributed by atoms with Crippen molar-refractivity contribution < 1.29 is 14.6 Å². The summed E-state index contributed by atoms with van der Waals surface area (Å²) in [4.78, 5) is 10.6. The van der Waals surface area contributed by atoms with Gasteiger partial charge < -0.3 is 15.2 Å². The maximum atomic E-state index is 10.6. The van der Waals surface area contributed by atoms with Crippen molar-refractivity contribution in [2.24, 2.45) is 0 Å². The van der Waals surface area contributed by atoms with Crippen LogP contribution in [-0.4, -0.2) is 24.7 Å². The second-order valence-corrected chi connectivity index (χ2v) is 4.25. The van der Waals surface area contributed by atoms with Crippen LogP contribution in [0.25, 0.3) is 0 Å². The molecule has 92 valence electrons. The van der Waals surface area contributed by atoms with Gasteiger partial charge in [0.1, 0.15) is 5.75 Å². The van der Waals surface area contributed by atoms with E-state index in [0.717, 1.165) is 18.7 Å². The van der Waals surface area contributed by atoms with Gasteiger partial charge in [-0.2, -0.15) is 0 Å². The number of hydrogen-bond donors (Lipinski definition) is 2. The van der Waals surface area contributed by atoms with E-state index >= 15 is 0 Å². The highest BCUT2D eigenvalue weighted by molar-refractivity contribution is 5.66. The summed E-state index contributed by atoms with van der Waals surface area (Å²) >= 11 is 0. The molecule has 0 aliphatic carbocycles. The second kappa shape index (κ2) is 5.19. The van der Waals surface area contributed by atoms with Gasteiger partial charge >= 0.3 is 5.97 Å². The van der Waals surface area contributed by atoms with Gasteiger partial charge in [-0.1, -0.05) is 6.07 Å². The minimum absolute atomic E-state index is 0.130. The van der Waals surface area contributed by atoms with Crippen molar-refractivity contribution in [2.75, 3.05) is 13.7 Å². The summed E-state index contributed by atoms with van der Waals surface area (Å²) < 4.78 is 5.21. The summed E-state index contributed by atoms with van der Waals surface area (Å²) in [6.45, 7) is 0.906. The molecule has 0 fully saturated rings. The molecule has 0 amide bonds. The number of carboxylic acids is 1. The van der Waals surface area contributed by atoms with Crippen LogP contribution in [0.1, 0.15) is 30.0 Å². The topological polar surface area (TPSA) is 58.6 Å². The number of fused-ring (bicyclic) bond motifs is 1. The Morgan fingerprint density at radius 1 is 1.59 bits per heavy atom. The molecule has 1 unspecified atom stereocenters. The first-order chi connectivity index (χ1) is 8.20. The molecule has 1 aliphatic rings. The van der Waals surface area contributed by atoms with E-state index in [1.54, 1.807) is 7.11 Å². The van der Waals surface area contributed by atoms with E-state index in [2.05, 4.69) is 11.4 Å². The number of hydrogen-bond acceptors (Lipinski definition) is 3. The molecule has 1 heterocycles. The first kappa shape index (κ1) is 11.9. The minimum Gasteiger partial charge on any atom is -0.497 e. The van der Waals surface area contributed by atoms with Crippen molar-refractivity contribution in [3.63, 3.8) is 0 Å². The molecule has 2 rings (SSSR count). The lowest BCUT2D eigenvalue weighted by Crippen LogP contribution is -2.30. The van der Waals surface area contributed by atoms with Crippen LogP contribution in [0.5, 0.6) is 5.75 Å². The molecule has 17 heavy (non-hydrogen) atoms. The third kappa shape index (κ3) is 2.77. The van der Waals surface area contributed by atoms with Crippen LogP contribution in [0, 0.1) is 0 Å². The lowest BCUT2D eigenvalue weighted by molar-refractivity contribution is -0.137. The van der Waals surface area contributed by atoms with E-state index < -0.39 is 5.97 Å². The molecular weight excluding hydrogens is 218 g/mol. The molecule has 0 spiro atoms. The third-order valence-corrected chi connectivity index (χ3v) is 3.16. The number of carbonyl (C=O) groups is 1. The maximum absolute atomic E-state index is 10.6. The van der Waals surface area contributed by atoms with Crippen LogP contribution in [-0.2, 0) is 11.2 Å². The van der Waals surface area contributed by atoms with Gasteiger partial charge in [0.2, 0.25) is 0 Å². The molecule has 0 radical (unpaired) electrons. The van der Waals surface area contributed by atoms with Crippen molar-refractivity contribution in [1.82, 2.24) is 5.32 Å². The summed E-state index contributed by atoms with van der Waals surface area (Å²) in [6, 6.07) is 6.17. The molecule has 0 aromatic heterocycles. The first-order valence-corrected chi connectivity index (χ1v) is 5.82. The fourth-order valence-corrected chi connectivity index (χ4v) is 2.27. The lowest BCUT2D eigenvalue weighted by Gasteiger charge is -2.27. The molecule has 1 aromatic carbocycles. The highest BCUT2D eigenvalue weighted by atomic mass is 16.5. The van der Waals surface area contributed by atoms with Gasteiger partial charge in [-0.05, 0) is 42.6 Å².